The van der Waals surface area contributed by atoms with Gasteiger partial charge in [-0.1, -0.05) is 0 Å². The zero-order valence-corrected chi connectivity index (χ0v) is 9.42. The van der Waals surface area contributed by atoms with Gasteiger partial charge in [0, 0.05) is 12.6 Å². The van der Waals surface area contributed by atoms with Crippen molar-refractivity contribution in [1.82, 2.24) is 5.32 Å². The van der Waals surface area contributed by atoms with E-state index in [2.05, 4.69) is 5.32 Å². The molecule has 88 valence electrons. The third kappa shape index (κ3) is 3.76. The lowest BCUT2D eigenvalue weighted by Gasteiger charge is -2.24. The second kappa shape index (κ2) is 4.45. The number of alkyl halides is 1. The molecule has 0 bridgehead atoms. The van der Waals surface area contributed by atoms with Crippen molar-refractivity contribution < 1.29 is 13.9 Å². The molecule has 15 heavy (non-hydrogen) atoms. The molecular weight excluding hydrogens is 199 g/mol. The average Bonchev–Trinajstić information content (AvgIpc) is 2.47. The van der Waals surface area contributed by atoms with Crippen molar-refractivity contribution in [2.24, 2.45) is 5.73 Å². The van der Waals surface area contributed by atoms with Gasteiger partial charge in [0.25, 0.3) is 0 Å². The second-order valence-corrected chi connectivity index (χ2v) is 4.91. The van der Waals surface area contributed by atoms with E-state index in [0.29, 0.717) is 0 Å². The van der Waals surface area contributed by atoms with Crippen LogP contribution in [-0.4, -0.2) is 36.4 Å². The van der Waals surface area contributed by atoms with Crippen molar-refractivity contribution in [1.29, 1.82) is 0 Å². The van der Waals surface area contributed by atoms with Crippen molar-refractivity contribution in [3.05, 3.63) is 0 Å². The van der Waals surface area contributed by atoms with Gasteiger partial charge in [0.15, 0.2) is 0 Å². The minimum absolute atomic E-state index is 0.265. The fourth-order valence-electron chi connectivity index (χ4n) is 1.53. The van der Waals surface area contributed by atoms with Gasteiger partial charge in [-0.2, -0.15) is 0 Å². The molecule has 0 aliphatic carbocycles. The molecule has 1 aliphatic heterocycles. The molecule has 4 nitrogen and oxygen atoms in total. The monoisotopic (exact) mass is 218 g/mol. The number of nitrogens with two attached hydrogens (primary N) is 1. The minimum atomic E-state index is -0.913. The van der Waals surface area contributed by atoms with Crippen LogP contribution in [0.5, 0.6) is 0 Å². The number of nitrogens with one attached hydrogen (secondary N) is 1. The van der Waals surface area contributed by atoms with Crippen LogP contribution in [0.25, 0.3) is 0 Å². The zero-order chi connectivity index (χ0) is 11.6. The summed E-state index contributed by atoms with van der Waals surface area (Å²) in [6.45, 7) is 5.59. The Bertz CT molecular complexity index is 240. The molecule has 0 spiro atoms. The first kappa shape index (κ1) is 12.4. The summed E-state index contributed by atoms with van der Waals surface area (Å²) in [5.74, 6) is -0.478. The third-order valence-electron chi connectivity index (χ3n) is 2.22. The Morgan fingerprint density at radius 3 is 2.60 bits per heavy atom. The van der Waals surface area contributed by atoms with Crippen LogP contribution in [0.4, 0.5) is 4.39 Å². The van der Waals surface area contributed by atoms with Gasteiger partial charge in [-0.15, -0.1) is 0 Å². The molecule has 0 radical (unpaired) electrons. The molecule has 1 fully saturated rings. The predicted molar refractivity (Wildman–Crippen MR) is 55.1 cm³/mol. The molecule has 3 atom stereocenters. The number of hydrogen-bond acceptors (Lipinski definition) is 4. The highest BCUT2D eigenvalue weighted by Crippen LogP contribution is 2.15. The summed E-state index contributed by atoms with van der Waals surface area (Å²) in [6.07, 6.45) is -0.635. The van der Waals surface area contributed by atoms with Crippen LogP contribution < -0.4 is 11.1 Å². The summed E-state index contributed by atoms with van der Waals surface area (Å²) >= 11 is 0. The highest BCUT2D eigenvalue weighted by molar-refractivity contribution is 5.77. The van der Waals surface area contributed by atoms with Gasteiger partial charge in [-0.3, -0.25) is 4.79 Å². The number of esters is 1. The molecular formula is C10H19FN2O2. The van der Waals surface area contributed by atoms with E-state index in [9.17, 15) is 9.18 Å². The zero-order valence-electron chi connectivity index (χ0n) is 9.42. The molecule has 0 aromatic heterocycles. The van der Waals surface area contributed by atoms with Gasteiger partial charge in [0.05, 0.1) is 0 Å². The second-order valence-electron chi connectivity index (χ2n) is 4.91. The summed E-state index contributed by atoms with van der Waals surface area (Å²) in [5.41, 5.74) is 5.14. The number of hydrogen-bond donors (Lipinski definition) is 2. The van der Waals surface area contributed by atoms with Crippen LogP contribution in [0.3, 0.4) is 0 Å². The molecule has 1 unspecified atom stereocenters. The van der Waals surface area contributed by atoms with Crippen LogP contribution >= 0.6 is 0 Å². The molecule has 1 saturated heterocycles. The van der Waals surface area contributed by atoms with Crippen LogP contribution in [0.15, 0.2) is 0 Å². The molecule has 1 rings (SSSR count). The highest BCUT2D eigenvalue weighted by atomic mass is 19.1. The normalized spacial score (nSPS) is 28.9. The Hall–Kier alpha value is -0.680. The minimum Gasteiger partial charge on any atom is -0.459 e. The van der Waals surface area contributed by atoms with Crippen LogP contribution in [0.1, 0.15) is 27.2 Å². The Morgan fingerprint density at radius 2 is 2.20 bits per heavy atom. The lowest BCUT2D eigenvalue weighted by molar-refractivity contribution is -0.157. The number of ether oxygens (including phenoxy) is 1. The fourth-order valence-corrected chi connectivity index (χ4v) is 1.53. The molecule has 0 aromatic rings. The van der Waals surface area contributed by atoms with Crippen molar-refractivity contribution >= 4 is 5.97 Å². The maximum absolute atomic E-state index is 12.9. The summed E-state index contributed by atoms with van der Waals surface area (Å²) in [4.78, 5) is 11.5. The van der Waals surface area contributed by atoms with Crippen molar-refractivity contribution in [3.8, 4) is 0 Å². The topological polar surface area (TPSA) is 64.3 Å². The van der Waals surface area contributed by atoms with E-state index in [1.807, 2.05) is 0 Å². The molecule has 1 heterocycles. The first-order chi connectivity index (χ1) is 6.79. The number of rotatable bonds is 2. The Kier molecular flexibility index (Phi) is 3.67. The number of carbonyl (C=O) groups excluding carboxylic acids is 1. The van der Waals surface area contributed by atoms with Gasteiger partial charge in [-0.25, -0.2) is 4.39 Å². The molecule has 3 N–H and O–H groups in total. The first-order valence-electron chi connectivity index (χ1n) is 5.15. The molecule has 0 saturated carbocycles. The van der Waals surface area contributed by atoms with Gasteiger partial charge in [0.2, 0.25) is 0 Å². The fraction of sp³-hybridized carbons (Fsp3) is 0.900. The smallest absolute Gasteiger partial charge is 0.325 e. The van der Waals surface area contributed by atoms with E-state index >= 15 is 0 Å². The van der Waals surface area contributed by atoms with E-state index in [0.717, 1.165) is 0 Å². The van der Waals surface area contributed by atoms with E-state index in [4.69, 9.17) is 10.5 Å². The standard InChI is InChI=1S/C10H19FN2O2/c1-10(2,3)15-9(14)8(12)7-4-6(11)5-13-7/h6-8,13H,4-5,12H2,1-3H3/t6-,7+,8?/m0/s1. The van der Waals surface area contributed by atoms with E-state index in [-0.39, 0.29) is 19.0 Å². The van der Waals surface area contributed by atoms with E-state index in [1.54, 1.807) is 20.8 Å². The molecule has 0 amide bonds. The van der Waals surface area contributed by atoms with Crippen LogP contribution in [0.2, 0.25) is 0 Å². The molecule has 1 aliphatic rings. The van der Waals surface area contributed by atoms with Gasteiger partial charge < -0.3 is 15.8 Å². The lowest BCUT2D eigenvalue weighted by atomic mass is 10.1. The average molecular weight is 218 g/mol. The van der Waals surface area contributed by atoms with Crippen molar-refractivity contribution in [2.75, 3.05) is 6.54 Å². The Labute approximate surface area is 89.3 Å². The largest absolute Gasteiger partial charge is 0.459 e. The predicted octanol–water partition coefficient (Wildman–Crippen LogP) is 0.355. The summed E-state index contributed by atoms with van der Waals surface area (Å²) in [6, 6.07) is -1.10. The summed E-state index contributed by atoms with van der Waals surface area (Å²) in [5, 5.41) is 2.87. The number of halogens is 1. The molecule has 5 heteroatoms. The summed E-state index contributed by atoms with van der Waals surface area (Å²) in [7, 11) is 0. The highest BCUT2D eigenvalue weighted by Gasteiger charge is 2.34. The van der Waals surface area contributed by atoms with E-state index < -0.39 is 23.8 Å². The quantitative estimate of drug-likeness (QED) is 0.657. The Balaban J connectivity index is 2.46. The van der Waals surface area contributed by atoms with Gasteiger partial charge >= 0.3 is 5.97 Å². The lowest BCUT2D eigenvalue weighted by Crippen LogP contribution is -2.49. The van der Waals surface area contributed by atoms with Crippen molar-refractivity contribution in [2.45, 2.75) is 51.0 Å². The third-order valence-corrected chi connectivity index (χ3v) is 2.22. The maximum atomic E-state index is 12.9. The summed E-state index contributed by atoms with van der Waals surface area (Å²) < 4.78 is 18.0. The number of carbonyl (C=O) groups is 1. The Morgan fingerprint density at radius 1 is 1.60 bits per heavy atom. The first-order valence-corrected chi connectivity index (χ1v) is 5.15. The maximum Gasteiger partial charge on any atom is 0.325 e. The van der Waals surface area contributed by atoms with Crippen molar-refractivity contribution in [3.63, 3.8) is 0 Å². The molecule has 0 aromatic carbocycles. The van der Waals surface area contributed by atoms with Crippen LogP contribution in [-0.2, 0) is 9.53 Å². The van der Waals surface area contributed by atoms with Gasteiger partial charge in [-0.05, 0) is 27.2 Å². The van der Waals surface area contributed by atoms with E-state index in [1.165, 1.54) is 0 Å². The SMILES string of the molecule is CC(C)(C)OC(=O)C(N)[C@H]1C[C@H](F)CN1. The van der Waals surface area contributed by atoms with Gasteiger partial charge in [0.1, 0.15) is 17.8 Å². The van der Waals surface area contributed by atoms with Crippen LogP contribution in [0, 0.1) is 0 Å².